The molecule has 0 aromatic rings. The van der Waals surface area contributed by atoms with Crippen molar-refractivity contribution in [2.75, 3.05) is 33.0 Å². The Labute approximate surface area is 244 Å². The van der Waals surface area contributed by atoms with Crippen LogP contribution in [0.25, 0.3) is 0 Å². The number of carbonyl (C=O) groups is 5. The van der Waals surface area contributed by atoms with E-state index in [0.717, 1.165) is 19.3 Å². The van der Waals surface area contributed by atoms with Gasteiger partial charge in [-0.25, -0.2) is 9.59 Å². The molecule has 2 fully saturated rings. The van der Waals surface area contributed by atoms with Crippen molar-refractivity contribution in [3.05, 3.63) is 0 Å². The van der Waals surface area contributed by atoms with E-state index in [-0.39, 0.29) is 30.9 Å². The molecule has 11 heteroatoms. The Morgan fingerprint density at radius 3 is 2.20 bits per heavy atom. The van der Waals surface area contributed by atoms with Crippen LogP contribution in [-0.4, -0.2) is 84.3 Å². The predicted octanol–water partition coefficient (Wildman–Crippen LogP) is 3.25. The van der Waals surface area contributed by atoms with Crippen LogP contribution in [0.3, 0.4) is 0 Å². The summed E-state index contributed by atoms with van der Waals surface area (Å²) in [6, 6.07) is -1.08. The fourth-order valence-electron chi connectivity index (χ4n) is 4.69. The lowest BCUT2D eigenvalue weighted by molar-refractivity contribution is -0.174. The first-order chi connectivity index (χ1) is 19.1. The molecule has 0 saturated carbocycles. The first kappa shape index (κ1) is 33.9. The normalized spacial score (nSPS) is 19.0. The topological polar surface area (TPSA) is 132 Å². The van der Waals surface area contributed by atoms with E-state index in [4.69, 9.17) is 20.6 Å². The summed E-state index contributed by atoms with van der Waals surface area (Å²) < 4.78 is 15.4. The Morgan fingerprint density at radius 2 is 1.61 bits per heavy atom. The zero-order valence-corrected chi connectivity index (χ0v) is 25.5. The summed E-state index contributed by atoms with van der Waals surface area (Å²) in [4.78, 5) is 66.0. The van der Waals surface area contributed by atoms with E-state index in [2.05, 4.69) is 11.2 Å². The van der Waals surface area contributed by atoms with Crippen LogP contribution in [0.15, 0.2) is 0 Å². The summed E-state index contributed by atoms with van der Waals surface area (Å²) in [5.74, 6) is 0.533. The number of rotatable bonds is 9. The summed E-state index contributed by atoms with van der Waals surface area (Å²) in [5.41, 5.74) is -1.28. The van der Waals surface area contributed by atoms with E-state index in [0.29, 0.717) is 44.8 Å². The molecule has 1 N–H and O–H groups in total. The van der Waals surface area contributed by atoms with E-state index in [1.54, 1.807) is 30.6 Å². The minimum absolute atomic E-state index is 0.00248. The monoisotopic (exact) mass is 577 g/mol. The summed E-state index contributed by atoms with van der Waals surface area (Å²) in [6.07, 6.45) is 9.00. The molecule has 0 aromatic carbocycles. The lowest BCUT2D eigenvalue weighted by Crippen LogP contribution is -2.49. The third-order valence-electron chi connectivity index (χ3n) is 7.10. The first-order valence-corrected chi connectivity index (χ1v) is 14.4. The van der Waals surface area contributed by atoms with E-state index in [9.17, 15) is 24.0 Å². The molecule has 3 amide bonds. The molecule has 2 atom stereocenters. The number of ether oxygens (including phenoxy) is 3. The molecule has 41 heavy (non-hydrogen) atoms. The van der Waals surface area contributed by atoms with Gasteiger partial charge in [0.1, 0.15) is 11.6 Å². The summed E-state index contributed by atoms with van der Waals surface area (Å²) in [5, 5.41) is 2.65. The number of likely N-dealkylation sites (tertiary alicyclic amines) is 2. The van der Waals surface area contributed by atoms with Gasteiger partial charge in [0.15, 0.2) is 0 Å². The zero-order chi connectivity index (χ0) is 30.8. The van der Waals surface area contributed by atoms with Gasteiger partial charge >= 0.3 is 18.0 Å². The average Bonchev–Trinajstić information content (AvgIpc) is 2.90. The molecule has 2 saturated heterocycles. The molecule has 0 radical (unpaired) electrons. The van der Waals surface area contributed by atoms with Gasteiger partial charge in [-0.05, 0) is 79.6 Å². The Kier molecular flexibility index (Phi) is 12.5. The third kappa shape index (κ3) is 11.6. The van der Waals surface area contributed by atoms with Crippen molar-refractivity contribution in [1.29, 1.82) is 0 Å². The molecule has 2 heterocycles. The number of esters is 2. The Morgan fingerprint density at radius 1 is 0.951 bits per heavy atom. The van der Waals surface area contributed by atoms with Gasteiger partial charge in [-0.2, -0.15) is 0 Å². The van der Waals surface area contributed by atoms with Gasteiger partial charge in [0.25, 0.3) is 0 Å². The van der Waals surface area contributed by atoms with Crippen LogP contribution in [0, 0.1) is 29.6 Å². The zero-order valence-electron chi connectivity index (χ0n) is 25.5. The van der Waals surface area contributed by atoms with E-state index < -0.39 is 41.7 Å². The Bertz CT molecular complexity index is 983. The molecule has 2 aliphatic heterocycles. The van der Waals surface area contributed by atoms with Crippen LogP contribution in [-0.2, 0) is 33.4 Å². The number of amides is 3. The van der Waals surface area contributed by atoms with Crippen molar-refractivity contribution in [2.45, 2.75) is 98.1 Å². The minimum Gasteiger partial charge on any atom is -0.444 e. The number of terminal acetylenes is 1. The SMILES string of the molecule is C#CC[C@H](NC(=O)[C@@H]1CCCN(C(=O)CCC2CCN(C(=O)OC(C)(C)C)CC2)C1)C(=O)OCOC(=O)C(C)(C)C. The fourth-order valence-corrected chi connectivity index (χ4v) is 4.69. The van der Waals surface area contributed by atoms with Crippen molar-refractivity contribution in [2.24, 2.45) is 17.3 Å². The molecule has 0 unspecified atom stereocenters. The molecule has 0 bridgehead atoms. The number of hydrogen-bond acceptors (Lipinski definition) is 8. The highest BCUT2D eigenvalue weighted by Crippen LogP contribution is 2.25. The van der Waals surface area contributed by atoms with Crippen molar-refractivity contribution >= 4 is 29.8 Å². The highest BCUT2D eigenvalue weighted by Gasteiger charge is 2.33. The van der Waals surface area contributed by atoms with E-state index in [1.807, 2.05) is 20.8 Å². The first-order valence-electron chi connectivity index (χ1n) is 14.4. The Hall–Kier alpha value is -3.29. The maximum atomic E-state index is 13.0. The smallest absolute Gasteiger partial charge is 0.410 e. The van der Waals surface area contributed by atoms with Crippen LogP contribution >= 0.6 is 0 Å². The molecule has 2 rings (SSSR count). The highest BCUT2D eigenvalue weighted by molar-refractivity contribution is 5.87. The van der Waals surface area contributed by atoms with Crippen molar-refractivity contribution in [3.63, 3.8) is 0 Å². The summed E-state index contributed by atoms with van der Waals surface area (Å²) in [7, 11) is 0. The standard InChI is InChI=1S/C30H47N3O8/c1-8-10-23(26(36)39-20-40-27(37)29(2,3)4)31-25(35)22-11-9-16-33(19-22)24(34)13-12-21-14-17-32(18-15-21)28(38)41-30(5,6)7/h1,21-23H,9-20H2,2-7H3,(H,31,35)/t22-,23+/m1/s1. The van der Waals surface area contributed by atoms with Crippen molar-refractivity contribution < 1.29 is 38.2 Å². The van der Waals surface area contributed by atoms with Crippen molar-refractivity contribution in [1.82, 2.24) is 15.1 Å². The van der Waals surface area contributed by atoms with Crippen molar-refractivity contribution in [3.8, 4) is 12.3 Å². The van der Waals surface area contributed by atoms with Gasteiger partial charge in [-0.15, -0.1) is 12.3 Å². The lowest BCUT2D eigenvalue weighted by Gasteiger charge is -2.35. The van der Waals surface area contributed by atoms with Gasteiger partial charge < -0.3 is 29.3 Å². The quantitative estimate of drug-likeness (QED) is 0.251. The molecular formula is C30H47N3O8. The number of hydrogen-bond donors (Lipinski definition) is 1. The van der Waals surface area contributed by atoms with Crippen LogP contribution in [0.5, 0.6) is 0 Å². The molecule has 11 nitrogen and oxygen atoms in total. The second kappa shape index (κ2) is 15.1. The van der Waals surface area contributed by atoms with Crippen LogP contribution < -0.4 is 5.32 Å². The second-order valence-electron chi connectivity index (χ2n) is 12.9. The minimum atomic E-state index is -1.08. The average molecular weight is 578 g/mol. The van der Waals surface area contributed by atoms with E-state index in [1.165, 1.54) is 0 Å². The third-order valence-corrected chi connectivity index (χ3v) is 7.10. The Balaban J connectivity index is 1.79. The van der Waals surface area contributed by atoms with Crippen LogP contribution in [0.2, 0.25) is 0 Å². The van der Waals surface area contributed by atoms with E-state index >= 15 is 0 Å². The van der Waals surface area contributed by atoms with Crippen LogP contribution in [0.1, 0.15) is 86.5 Å². The fraction of sp³-hybridized carbons (Fsp3) is 0.767. The largest absolute Gasteiger partial charge is 0.444 e. The number of nitrogens with one attached hydrogen (secondary N) is 1. The molecule has 2 aliphatic rings. The van der Waals surface area contributed by atoms with Gasteiger partial charge in [0.05, 0.1) is 11.3 Å². The number of nitrogens with zero attached hydrogens (tertiary/aromatic N) is 2. The predicted molar refractivity (Wildman–Crippen MR) is 151 cm³/mol. The van der Waals surface area contributed by atoms with Crippen LogP contribution in [0.4, 0.5) is 4.79 Å². The van der Waals surface area contributed by atoms with Gasteiger partial charge in [0, 0.05) is 39.0 Å². The summed E-state index contributed by atoms with van der Waals surface area (Å²) >= 11 is 0. The molecule has 230 valence electrons. The maximum absolute atomic E-state index is 13.0. The lowest BCUT2D eigenvalue weighted by atomic mass is 9.91. The molecule has 0 aliphatic carbocycles. The molecule has 0 spiro atoms. The van der Waals surface area contributed by atoms with Gasteiger partial charge in [0.2, 0.25) is 18.6 Å². The number of carbonyl (C=O) groups excluding carboxylic acids is 5. The molecular weight excluding hydrogens is 530 g/mol. The number of piperidine rings is 2. The maximum Gasteiger partial charge on any atom is 0.410 e. The summed E-state index contributed by atoms with van der Waals surface area (Å²) in [6.45, 7) is 12.1. The molecule has 0 aromatic heterocycles. The second-order valence-corrected chi connectivity index (χ2v) is 12.9. The van der Waals surface area contributed by atoms with Gasteiger partial charge in [-0.3, -0.25) is 14.4 Å². The highest BCUT2D eigenvalue weighted by atomic mass is 16.7. The van der Waals surface area contributed by atoms with Gasteiger partial charge in [-0.1, -0.05) is 0 Å².